The first kappa shape index (κ1) is 29.5. The quantitative estimate of drug-likeness (QED) is 0.204. The molecule has 2 aromatic carbocycles. The van der Waals surface area contributed by atoms with Gasteiger partial charge in [0.25, 0.3) is 0 Å². The molecule has 2 N–H and O–H groups in total. The van der Waals surface area contributed by atoms with Crippen LogP contribution in [-0.4, -0.2) is 37.9 Å². The first-order valence-electron chi connectivity index (χ1n) is 14.7. The number of urea groups is 1. The van der Waals surface area contributed by atoms with Crippen LogP contribution in [0.3, 0.4) is 0 Å². The molecule has 45 heavy (non-hydrogen) atoms. The van der Waals surface area contributed by atoms with E-state index < -0.39 is 0 Å². The van der Waals surface area contributed by atoms with Crippen molar-refractivity contribution in [3.05, 3.63) is 101 Å². The molecule has 1 fully saturated rings. The number of aryl methyl sites for hydroxylation is 1. The first-order valence-corrected chi connectivity index (χ1v) is 15.6. The lowest BCUT2D eigenvalue weighted by Gasteiger charge is -2.37. The van der Waals surface area contributed by atoms with E-state index in [-0.39, 0.29) is 18.1 Å². The van der Waals surface area contributed by atoms with Gasteiger partial charge in [-0.25, -0.2) is 14.8 Å². The molecule has 3 aromatic heterocycles. The van der Waals surface area contributed by atoms with Crippen LogP contribution in [0.4, 0.5) is 16.4 Å². The van der Waals surface area contributed by atoms with E-state index >= 15 is 0 Å². The summed E-state index contributed by atoms with van der Waals surface area (Å²) < 4.78 is 1.77. The summed E-state index contributed by atoms with van der Waals surface area (Å²) in [6.07, 6.45) is 8.54. The number of carbonyl (C=O) groups excluding carboxylic acids is 1. The second kappa shape index (κ2) is 13.4. The number of rotatable bonds is 8. The number of aromatic nitrogens is 4. The predicted octanol–water partition coefficient (Wildman–Crippen LogP) is 6.49. The Morgan fingerprint density at radius 2 is 1.76 bits per heavy atom. The molecule has 6 rings (SSSR count). The van der Waals surface area contributed by atoms with Gasteiger partial charge in [-0.2, -0.15) is 15.6 Å². The van der Waals surface area contributed by atoms with Crippen molar-refractivity contribution < 1.29 is 4.79 Å². The summed E-state index contributed by atoms with van der Waals surface area (Å²) in [5.74, 6) is 0.447. The average Bonchev–Trinajstić information content (AvgIpc) is 3.75. The van der Waals surface area contributed by atoms with Gasteiger partial charge in [0.15, 0.2) is 0 Å². The maximum absolute atomic E-state index is 13.7. The van der Waals surface area contributed by atoms with Crippen molar-refractivity contribution in [1.29, 1.82) is 10.5 Å². The van der Waals surface area contributed by atoms with Crippen molar-refractivity contribution in [3.63, 3.8) is 0 Å². The molecule has 1 aliphatic carbocycles. The van der Waals surface area contributed by atoms with Gasteiger partial charge in [-0.1, -0.05) is 42.5 Å². The fraction of sp³-hybridized carbons (Fsp3) is 0.235. The lowest BCUT2D eigenvalue weighted by molar-refractivity contribution is 0.240. The van der Waals surface area contributed by atoms with Crippen molar-refractivity contribution in [2.75, 3.05) is 10.2 Å². The molecule has 0 radical (unpaired) electrons. The Morgan fingerprint density at radius 1 is 0.978 bits per heavy atom. The molecule has 0 spiro atoms. The van der Waals surface area contributed by atoms with Crippen LogP contribution in [0.5, 0.6) is 0 Å². The summed E-state index contributed by atoms with van der Waals surface area (Å²) in [5.41, 5.74) is 4.83. The van der Waals surface area contributed by atoms with Crippen molar-refractivity contribution in [2.24, 2.45) is 7.05 Å². The Kier molecular flexibility index (Phi) is 8.81. The highest BCUT2D eigenvalue weighted by Gasteiger charge is 2.30. The van der Waals surface area contributed by atoms with E-state index in [0.29, 0.717) is 28.6 Å². The van der Waals surface area contributed by atoms with Crippen molar-refractivity contribution in [2.45, 2.75) is 44.3 Å². The molecule has 224 valence electrons. The Hall–Kier alpha value is -5.52. The van der Waals surface area contributed by atoms with E-state index in [1.807, 2.05) is 85.0 Å². The van der Waals surface area contributed by atoms with Gasteiger partial charge in [0.2, 0.25) is 5.95 Å². The maximum Gasteiger partial charge on any atom is 0.322 e. The third-order valence-corrected chi connectivity index (χ3v) is 8.94. The molecule has 0 saturated heterocycles. The molecule has 1 aliphatic rings. The van der Waals surface area contributed by atoms with E-state index in [1.54, 1.807) is 10.7 Å². The summed E-state index contributed by atoms with van der Waals surface area (Å²) in [6.45, 7) is 0.444. The van der Waals surface area contributed by atoms with Crippen LogP contribution in [0.1, 0.15) is 41.7 Å². The van der Waals surface area contributed by atoms with Crippen LogP contribution in [0, 0.1) is 22.7 Å². The highest BCUT2D eigenvalue weighted by atomic mass is 32.1. The molecule has 0 unspecified atom stereocenters. The minimum Gasteiger partial charge on any atom is -0.351 e. The molecule has 1 saturated carbocycles. The Balaban J connectivity index is 1.17. The number of nitrogens with one attached hydrogen (secondary N) is 2. The molecule has 0 aliphatic heterocycles. The van der Waals surface area contributed by atoms with Gasteiger partial charge in [-0.15, -0.1) is 11.3 Å². The molecule has 2 amide bonds. The van der Waals surface area contributed by atoms with Gasteiger partial charge in [-0.05, 0) is 61.1 Å². The highest BCUT2D eigenvalue weighted by molar-refractivity contribution is 7.16. The van der Waals surface area contributed by atoms with Gasteiger partial charge in [0.1, 0.15) is 22.7 Å². The summed E-state index contributed by atoms with van der Waals surface area (Å²) in [4.78, 5) is 26.0. The van der Waals surface area contributed by atoms with Crippen LogP contribution in [0.25, 0.3) is 21.7 Å². The number of hydrogen-bond acceptors (Lipinski definition) is 8. The summed E-state index contributed by atoms with van der Waals surface area (Å²) in [5, 5.41) is 29.7. The second-order valence-corrected chi connectivity index (χ2v) is 12.0. The maximum atomic E-state index is 13.7. The van der Waals surface area contributed by atoms with E-state index in [4.69, 9.17) is 0 Å². The van der Waals surface area contributed by atoms with Crippen molar-refractivity contribution in [1.82, 2.24) is 25.1 Å². The molecular formula is C34H31N9OS. The number of hydrogen-bond donors (Lipinski definition) is 2. The molecule has 0 atom stereocenters. The van der Waals surface area contributed by atoms with Gasteiger partial charge in [0, 0.05) is 43.1 Å². The third-order valence-electron chi connectivity index (χ3n) is 7.94. The lowest BCUT2D eigenvalue weighted by atomic mass is 9.90. The largest absolute Gasteiger partial charge is 0.351 e. The number of anilines is 2. The molecular weight excluding hydrogens is 583 g/mol. The SMILES string of the molecule is Cn1cc(-c2ccc(N(C(=O)NCc3ccccc3)[C@H]3CC[C@H](Nc4ncc(C#N)c(-c5ccc(C#N)s5)n4)CC3)cc2)cn1. The monoisotopic (exact) mass is 613 g/mol. The van der Waals surface area contributed by atoms with E-state index in [1.165, 1.54) is 17.5 Å². The fourth-order valence-corrected chi connectivity index (χ4v) is 6.45. The zero-order valence-corrected chi connectivity index (χ0v) is 25.5. The molecule has 10 nitrogen and oxygen atoms in total. The number of benzene rings is 2. The number of thiophene rings is 1. The summed E-state index contributed by atoms with van der Waals surface area (Å²) in [6, 6.07) is 25.8. The van der Waals surface area contributed by atoms with Crippen LogP contribution in [0.15, 0.2) is 85.3 Å². The number of carbonyl (C=O) groups is 1. The zero-order chi connectivity index (χ0) is 31.2. The van der Waals surface area contributed by atoms with Gasteiger partial charge in [0.05, 0.1) is 22.8 Å². The van der Waals surface area contributed by atoms with Gasteiger partial charge < -0.3 is 10.6 Å². The summed E-state index contributed by atoms with van der Waals surface area (Å²) >= 11 is 1.30. The fourth-order valence-electron chi connectivity index (χ4n) is 5.64. The average molecular weight is 614 g/mol. The second-order valence-electron chi connectivity index (χ2n) is 11.0. The van der Waals surface area contributed by atoms with Crippen LogP contribution in [-0.2, 0) is 13.6 Å². The lowest BCUT2D eigenvalue weighted by Crippen LogP contribution is -2.48. The van der Waals surface area contributed by atoms with E-state index in [2.05, 4.69) is 37.8 Å². The van der Waals surface area contributed by atoms with Crippen molar-refractivity contribution in [3.8, 4) is 33.8 Å². The topological polar surface area (TPSA) is 136 Å². The van der Waals surface area contributed by atoms with Crippen molar-refractivity contribution >= 4 is 29.0 Å². The number of nitrogens with zero attached hydrogens (tertiary/aromatic N) is 7. The van der Waals surface area contributed by atoms with Gasteiger partial charge in [-0.3, -0.25) is 9.58 Å². The summed E-state index contributed by atoms with van der Waals surface area (Å²) in [7, 11) is 1.89. The highest BCUT2D eigenvalue weighted by Crippen LogP contribution is 2.32. The van der Waals surface area contributed by atoms with E-state index in [9.17, 15) is 15.3 Å². The Morgan fingerprint density at radius 3 is 2.42 bits per heavy atom. The minimum absolute atomic E-state index is 0.0102. The van der Waals surface area contributed by atoms with E-state index in [0.717, 1.165) is 52.9 Å². The van der Waals surface area contributed by atoms with Crippen LogP contribution >= 0.6 is 11.3 Å². The minimum atomic E-state index is -0.128. The van der Waals surface area contributed by atoms with Gasteiger partial charge >= 0.3 is 6.03 Å². The normalized spacial score (nSPS) is 15.9. The molecule has 11 heteroatoms. The Labute approximate surface area is 265 Å². The molecule has 3 heterocycles. The predicted molar refractivity (Wildman–Crippen MR) is 174 cm³/mol. The third kappa shape index (κ3) is 6.85. The smallest absolute Gasteiger partial charge is 0.322 e. The molecule has 5 aromatic rings. The Bertz CT molecular complexity index is 1860. The van der Waals surface area contributed by atoms with Crippen LogP contribution in [0.2, 0.25) is 0 Å². The number of amides is 2. The first-order chi connectivity index (χ1) is 22.0. The standard InChI is InChI=1S/C34H31N9OS/c1-42-22-26(21-39-42)24-7-11-28(12-8-24)43(34(44)38-19-23-5-3-2-4-6-23)29-13-9-27(10-14-29)40-33-37-20-25(17-35)32(41-33)31-16-15-30(18-36)45-31/h2-8,11-12,15-16,20-22,27,29H,9-10,13-14,19H2,1H3,(H,38,44)(H,37,40,41)/t27-,29-. The van der Waals surface area contributed by atoms with Crippen LogP contribution < -0.4 is 15.5 Å². The zero-order valence-electron chi connectivity index (χ0n) is 24.7. The molecule has 0 bridgehead atoms. The number of nitriles is 2.